The van der Waals surface area contributed by atoms with Gasteiger partial charge in [0.2, 0.25) is 0 Å². The number of halogens is 3. The quantitative estimate of drug-likeness (QED) is 0.663. The first-order chi connectivity index (χ1) is 8.38. The Balaban J connectivity index is 2.99. The number of hydrogen-bond donors (Lipinski definition) is 1. The third-order valence-electron chi connectivity index (χ3n) is 2.28. The number of carbonyl (C=O) groups excluding carboxylic acids is 1. The summed E-state index contributed by atoms with van der Waals surface area (Å²) in [5.41, 5.74) is -0.802. The minimum atomic E-state index is -4.48. The molecule has 0 radical (unpaired) electrons. The van der Waals surface area contributed by atoms with Crippen molar-refractivity contribution in [1.82, 2.24) is 0 Å². The highest BCUT2D eigenvalue weighted by atomic mass is 32.2. The smallest absolute Gasteiger partial charge is 0.396 e. The largest absolute Gasteiger partial charge is 0.417 e. The topological polar surface area (TPSA) is 37.3 Å². The van der Waals surface area contributed by atoms with Crippen LogP contribution in [-0.2, 0) is 6.18 Å². The lowest BCUT2D eigenvalue weighted by Gasteiger charge is -2.14. The van der Waals surface area contributed by atoms with Crippen LogP contribution in [0.3, 0.4) is 0 Å². The van der Waals surface area contributed by atoms with Gasteiger partial charge in [-0.1, -0.05) is 13.0 Å². The van der Waals surface area contributed by atoms with E-state index in [1.165, 1.54) is 12.1 Å². The zero-order chi connectivity index (χ0) is 13.8. The number of aliphatic hydroxyl groups excluding tert-OH is 1. The van der Waals surface area contributed by atoms with Crippen LogP contribution in [0.15, 0.2) is 23.1 Å². The Hall–Kier alpha value is -1.01. The molecule has 0 aliphatic carbocycles. The van der Waals surface area contributed by atoms with E-state index in [1.54, 1.807) is 6.92 Å². The van der Waals surface area contributed by atoms with Crippen molar-refractivity contribution in [2.24, 2.45) is 5.92 Å². The summed E-state index contributed by atoms with van der Waals surface area (Å²) >= 11 is 1.03. The highest BCUT2D eigenvalue weighted by Gasteiger charge is 2.33. The molecule has 100 valence electrons. The zero-order valence-electron chi connectivity index (χ0n) is 9.70. The van der Waals surface area contributed by atoms with Crippen molar-refractivity contribution < 1.29 is 23.1 Å². The van der Waals surface area contributed by atoms with E-state index < -0.39 is 11.7 Å². The van der Waals surface area contributed by atoms with E-state index in [0.717, 1.165) is 17.8 Å². The van der Waals surface area contributed by atoms with Crippen LogP contribution in [-0.4, -0.2) is 23.8 Å². The van der Waals surface area contributed by atoms with Crippen molar-refractivity contribution in [2.45, 2.75) is 18.0 Å². The van der Waals surface area contributed by atoms with Crippen molar-refractivity contribution in [3.8, 4) is 0 Å². The third-order valence-corrected chi connectivity index (χ3v) is 3.68. The van der Waals surface area contributed by atoms with Crippen LogP contribution < -0.4 is 0 Å². The van der Waals surface area contributed by atoms with Gasteiger partial charge in [-0.15, -0.1) is 11.8 Å². The van der Waals surface area contributed by atoms with Crippen LogP contribution in [0.5, 0.6) is 0 Å². The van der Waals surface area contributed by atoms with E-state index in [2.05, 4.69) is 0 Å². The number of thioether (sulfide) groups is 1. The van der Waals surface area contributed by atoms with Gasteiger partial charge >= 0.3 is 6.18 Å². The van der Waals surface area contributed by atoms with Gasteiger partial charge in [-0.25, -0.2) is 0 Å². The predicted molar refractivity (Wildman–Crippen MR) is 63.8 cm³/mol. The molecular formula is C12H13F3O2S. The van der Waals surface area contributed by atoms with Crippen molar-refractivity contribution in [1.29, 1.82) is 0 Å². The number of alkyl halides is 3. The molecule has 0 saturated heterocycles. The van der Waals surface area contributed by atoms with Gasteiger partial charge in [0.1, 0.15) is 6.29 Å². The SMILES string of the molecule is CC(CO)CSc1ccc(C=O)cc1C(F)(F)F. The zero-order valence-corrected chi connectivity index (χ0v) is 10.5. The first kappa shape index (κ1) is 15.0. The Labute approximate surface area is 107 Å². The molecule has 0 saturated carbocycles. The molecule has 1 atom stereocenters. The second-order valence-electron chi connectivity index (χ2n) is 3.97. The Morgan fingerprint density at radius 1 is 1.44 bits per heavy atom. The molecular weight excluding hydrogens is 265 g/mol. The van der Waals surface area contributed by atoms with Gasteiger partial charge in [0.25, 0.3) is 0 Å². The normalized spacial score (nSPS) is 13.4. The number of rotatable bonds is 5. The van der Waals surface area contributed by atoms with Crippen LogP contribution in [0, 0.1) is 5.92 Å². The summed E-state index contributed by atoms with van der Waals surface area (Å²) in [4.78, 5) is 10.6. The van der Waals surface area contributed by atoms with Crippen molar-refractivity contribution in [3.63, 3.8) is 0 Å². The first-order valence-corrected chi connectivity index (χ1v) is 6.27. The number of aldehydes is 1. The monoisotopic (exact) mass is 278 g/mol. The molecule has 1 N–H and O–H groups in total. The summed E-state index contributed by atoms with van der Waals surface area (Å²) in [5.74, 6) is 0.307. The molecule has 0 aliphatic rings. The van der Waals surface area contributed by atoms with E-state index >= 15 is 0 Å². The molecule has 1 unspecified atom stereocenters. The molecule has 1 rings (SSSR count). The lowest BCUT2D eigenvalue weighted by molar-refractivity contribution is -0.139. The van der Waals surface area contributed by atoms with Gasteiger partial charge in [-0.2, -0.15) is 13.2 Å². The van der Waals surface area contributed by atoms with Gasteiger partial charge in [0.05, 0.1) is 5.56 Å². The average molecular weight is 278 g/mol. The molecule has 0 spiro atoms. The molecule has 6 heteroatoms. The van der Waals surface area contributed by atoms with Crippen LogP contribution >= 0.6 is 11.8 Å². The summed E-state index contributed by atoms with van der Waals surface area (Å²) in [5, 5.41) is 8.84. The summed E-state index contributed by atoms with van der Waals surface area (Å²) in [6.45, 7) is 1.68. The fourth-order valence-electron chi connectivity index (χ4n) is 1.25. The molecule has 0 aliphatic heterocycles. The second kappa shape index (κ2) is 6.24. The Bertz CT molecular complexity index is 418. The maximum absolute atomic E-state index is 12.8. The molecule has 2 nitrogen and oxygen atoms in total. The lowest BCUT2D eigenvalue weighted by atomic mass is 10.1. The van der Waals surface area contributed by atoms with Gasteiger partial charge in [0.15, 0.2) is 0 Å². The van der Waals surface area contributed by atoms with E-state index in [4.69, 9.17) is 5.11 Å². The van der Waals surface area contributed by atoms with Crippen LogP contribution in [0.2, 0.25) is 0 Å². The number of benzene rings is 1. The van der Waals surface area contributed by atoms with Gasteiger partial charge in [-0.05, 0) is 18.1 Å². The summed E-state index contributed by atoms with van der Waals surface area (Å²) < 4.78 is 38.4. The van der Waals surface area contributed by atoms with Crippen molar-refractivity contribution in [3.05, 3.63) is 29.3 Å². The van der Waals surface area contributed by atoms with E-state index in [-0.39, 0.29) is 23.0 Å². The predicted octanol–water partition coefficient (Wildman–Crippen LogP) is 3.24. The maximum atomic E-state index is 12.8. The van der Waals surface area contributed by atoms with Gasteiger partial charge in [-0.3, -0.25) is 4.79 Å². The Kier molecular flexibility index (Phi) is 5.22. The van der Waals surface area contributed by atoms with Gasteiger partial charge < -0.3 is 5.11 Å². The van der Waals surface area contributed by atoms with Crippen LogP contribution in [0.25, 0.3) is 0 Å². The van der Waals surface area contributed by atoms with Gasteiger partial charge in [0, 0.05) is 22.8 Å². The van der Waals surface area contributed by atoms with E-state index in [1.807, 2.05) is 0 Å². The molecule has 0 bridgehead atoms. The van der Waals surface area contributed by atoms with Crippen LogP contribution in [0.1, 0.15) is 22.8 Å². The Morgan fingerprint density at radius 2 is 2.11 bits per heavy atom. The molecule has 1 aromatic carbocycles. The summed E-state index contributed by atoms with van der Waals surface area (Å²) in [6, 6.07) is 3.49. The second-order valence-corrected chi connectivity index (χ2v) is 5.03. The molecule has 0 fully saturated rings. The molecule has 1 aromatic rings. The lowest BCUT2D eigenvalue weighted by Crippen LogP contribution is -2.09. The van der Waals surface area contributed by atoms with Crippen molar-refractivity contribution in [2.75, 3.05) is 12.4 Å². The first-order valence-electron chi connectivity index (χ1n) is 5.28. The molecule has 0 amide bonds. The average Bonchev–Trinajstić information content (AvgIpc) is 2.34. The Morgan fingerprint density at radius 3 is 2.61 bits per heavy atom. The molecule has 0 aromatic heterocycles. The number of hydrogen-bond acceptors (Lipinski definition) is 3. The molecule has 18 heavy (non-hydrogen) atoms. The maximum Gasteiger partial charge on any atom is 0.417 e. The third kappa shape index (κ3) is 4.03. The highest BCUT2D eigenvalue weighted by molar-refractivity contribution is 7.99. The summed E-state index contributed by atoms with van der Waals surface area (Å²) in [6.07, 6.45) is -4.09. The fourth-order valence-corrected chi connectivity index (χ4v) is 2.32. The minimum Gasteiger partial charge on any atom is -0.396 e. The van der Waals surface area contributed by atoms with E-state index in [9.17, 15) is 18.0 Å². The van der Waals surface area contributed by atoms with E-state index in [0.29, 0.717) is 12.0 Å². The number of carbonyl (C=O) groups is 1. The van der Waals surface area contributed by atoms with Crippen LogP contribution in [0.4, 0.5) is 13.2 Å². The molecule has 0 heterocycles. The standard InChI is InChI=1S/C12H13F3O2S/c1-8(5-16)7-18-11-3-2-9(6-17)4-10(11)12(13,14)15/h2-4,6,8,16H,5,7H2,1H3. The number of aliphatic hydroxyl groups is 1. The minimum absolute atomic E-state index is 0.00174. The summed E-state index contributed by atoms with van der Waals surface area (Å²) in [7, 11) is 0. The highest BCUT2D eigenvalue weighted by Crippen LogP contribution is 2.37. The van der Waals surface area contributed by atoms with Crippen molar-refractivity contribution >= 4 is 18.0 Å². The fraction of sp³-hybridized carbons (Fsp3) is 0.417.